The van der Waals surface area contributed by atoms with E-state index >= 15 is 0 Å². The van der Waals surface area contributed by atoms with Gasteiger partial charge in [-0.3, -0.25) is 24.6 Å². The Kier molecular flexibility index (Phi) is 4.09. The van der Waals surface area contributed by atoms with Gasteiger partial charge in [-0.05, 0) is 6.07 Å². The Bertz CT molecular complexity index is 600. The van der Waals surface area contributed by atoms with Gasteiger partial charge in [0.25, 0.3) is 17.5 Å². The molecule has 0 fully saturated rings. The number of carbonyl (C=O) groups is 3. The third-order valence-electron chi connectivity index (χ3n) is 2.46. The molecule has 0 spiro atoms. The molecule has 0 radical (unpaired) electrons. The molecule has 0 aliphatic carbocycles. The summed E-state index contributed by atoms with van der Waals surface area (Å²) < 4.78 is 0. The van der Waals surface area contributed by atoms with Gasteiger partial charge in [-0.25, -0.2) is 0 Å². The van der Waals surface area contributed by atoms with Gasteiger partial charge in [0, 0.05) is 6.07 Å². The van der Waals surface area contributed by atoms with Crippen LogP contribution in [0, 0.1) is 10.1 Å². The molecule has 0 unspecified atom stereocenters. The molecular formula is C10H5LiN2O6. The van der Waals surface area contributed by atoms with Gasteiger partial charge in [0.15, 0.2) is 0 Å². The first-order valence-corrected chi connectivity index (χ1v) is 4.77. The normalized spacial score (nSPS) is 12.9. The molecule has 8 nitrogen and oxygen atoms in total. The second kappa shape index (κ2) is 5.22. The van der Waals surface area contributed by atoms with Crippen LogP contribution in [0.2, 0.25) is 0 Å². The molecular weight excluding hydrogens is 251 g/mol. The number of carboxylic acids is 1. The molecule has 0 N–H and O–H groups in total. The van der Waals surface area contributed by atoms with Crippen molar-refractivity contribution in [3.05, 3.63) is 39.4 Å². The number of benzene rings is 1. The van der Waals surface area contributed by atoms with Gasteiger partial charge in [-0.2, -0.15) is 0 Å². The average Bonchev–Trinajstić information content (AvgIpc) is 2.54. The molecule has 9 heteroatoms. The monoisotopic (exact) mass is 256 g/mol. The predicted molar refractivity (Wildman–Crippen MR) is 53.5 cm³/mol. The van der Waals surface area contributed by atoms with Crippen LogP contribution in [0.3, 0.4) is 0 Å². The number of hydrogen-bond donors (Lipinski definition) is 0. The van der Waals surface area contributed by atoms with Crippen LogP contribution >= 0.6 is 0 Å². The van der Waals surface area contributed by atoms with E-state index < -0.39 is 34.9 Å². The molecule has 1 aliphatic rings. The number of nitrogens with zero attached hydrogens (tertiary/aromatic N) is 2. The first-order valence-electron chi connectivity index (χ1n) is 4.77. The molecule has 0 saturated carbocycles. The molecule has 1 aromatic rings. The van der Waals surface area contributed by atoms with Crippen molar-refractivity contribution < 1.29 is 43.3 Å². The molecule has 1 heterocycles. The summed E-state index contributed by atoms with van der Waals surface area (Å²) in [5.74, 6) is -3.48. The number of nitro groups is 1. The van der Waals surface area contributed by atoms with E-state index in [2.05, 4.69) is 0 Å². The third-order valence-corrected chi connectivity index (χ3v) is 2.46. The summed E-state index contributed by atoms with van der Waals surface area (Å²) in [7, 11) is 0. The summed E-state index contributed by atoms with van der Waals surface area (Å²) in [5, 5.41) is 21.2. The van der Waals surface area contributed by atoms with Crippen LogP contribution in [0.4, 0.5) is 5.69 Å². The minimum atomic E-state index is -1.62. The van der Waals surface area contributed by atoms with Crippen LogP contribution in [-0.4, -0.2) is 34.2 Å². The molecule has 0 atom stereocenters. The van der Waals surface area contributed by atoms with E-state index in [4.69, 9.17) is 0 Å². The number of rotatable bonds is 3. The minimum Gasteiger partial charge on any atom is -0.548 e. The van der Waals surface area contributed by atoms with E-state index in [1.807, 2.05) is 0 Å². The molecule has 19 heavy (non-hydrogen) atoms. The zero-order valence-corrected chi connectivity index (χ0v) is 9.78. The average molecular weight is 256 g/mol. The summed E-state index contributed by atoms with van der Waals surface area (Å²) in [6.07, 6.45) is 0. The minimum absolute atomic E-state index is 0. The Morgan fingerprint density at radius 3 is 2.42 bits per heavy atom. The van der Waals surface area contributed by atoms with Gasteiger partial charge in [-0.1, -0.05) is 6.07 Å². The third kappa shape index (κ3) is 2.36. The van der Waals surface area contributed by atoms with Crippen molar-refractivity contribution in [1.82, 2.24) is 4.90 Å². The summed E-state index contributed by atoms with van der Waals surface area (Å²) >= 11 is 0. The standard InChI is InChI=1S/C10H6N2O6.Li/c13-7(14)4-11-9(15)5-2-1-3-6(12(17)18)8(5)10(11)16;/h1-3H,4H2,(H,13,14);/q;+1/p-1. The number of imide groups is 1. The van der Waals surface area contributed by atoms with Crippen LogP contribution in [0.5, 0.6) is 0 Å². The molecule has 0 bridgehead atoms. The SMILES string of the molecule is O=C([O-])CN1C(=O)c2cccc([N+](=O)[O-])c2C1=O.[Li+]. The van der Waals surface area contributed by atoms with Crippen LogP contribution < -0.4 is 24.0 Å². The van der Waals surface area contributed by atoms with Gasteiger partial charge in [0.05, 0.1) is 23.0 Å². The molecule has 92 valence electrons. The van der Waals surface area contributed by atoms with E-state index in [1.165, 1.54) is 12.1 Å². The second-order valence-corrected chi connectivity index (χ2v) is 3.53. The molecule has 0 aromatic heterocycles. The maximum atomic E-state index is 11.8. The molecule has 1 aromatic carbocycles. The first kappa shape index (κ1) is 14.9. The van der Waals surface area contributed by atoms with Crippen LogP contribution in [0.25, 0.3) is 0 Å². The van der Waals surface area contributed by atoms with E-state index in [0.717, 1.165) is 6.07 Å². The van der Waals surface area contributed by atoms with Gasteiger partial charge in [-0.15, -0.1) is 0 Å². The van der Waals surface area contributed by atoms with Crippen molar-refractivity contribution in [2.24, 2.45) is 0 Å². The predicted octanol–water partition coefficient (Wildman–Crippen LogP) is -4.06. The Morgan fingerprint density at radius 1 is 1.26 bits per heavy atom. The van der Waals surface area contributed by atoms with Crippen LogP contribution in [0.15, 0.2) is 18.2 Å². The van der Waals surface area contributed by atoms with Crippen molar-refractivity contribution in [2.75, 3.05) is 6.54 Å². The molecule has 2 rings (SSSR count). The Hall–Kier alpha value is -2.17. The fraction of sp³-hybridized carbons (Fsp3) is 0.100. The van der Waals surface area contributed by atoms with Crippen LogP contribution in [0.1, 0.15) is 20.7 Å². The first-order chi connectivity index (χ1) is 8.43. The molecule has 2 amide bonds. The van der Waals surface area contributed by atoms with Crippen molar-refractivity contribution in [3.63, 3.8) is 0 Å². The number of carbonyl (C=O) groups excluding carboxylic acids is 3. The number of carboxylic acid groups (broad SMARTS) is 1. The van der Waals surface area contributed by atoms with Crippen molar-refractivity contribution >= 4 is 23.5 Å². The fourth-order valence-corrected chi connectivity index (χ4v) is 1.74. The number of aliphatic carboxylic acids is 1. The number of nitro benzene ring substituents is 1. The fourth-order valence-electron chi connectivity index (χ4n) is 1.74. The smallest absolute Gasteiger partial charge is 0.548 e. The quantitative estimate of drug-likeness (QED) is 0.235. The van der Waals surface area contributed by atoms with Gasteiger partial charge < -0.3 is 9.90 Å². The Labute approximate surface area is 118 Å². The van der Waals surface area contributed by atoms with E-state index in [9.17, 15) is 29.6 Å². The van der Waals surface area contributed by atoms with Gasteiger partial charge in [0.2, 0.25) is 0 Å². The number of fused-ring (bicyclic) bond motifs is 1. The van der Waals surface area contributed by atoms with Crippen molar-refractivity contribution in [3.8, 4) is 0 Å². The second-order valence-electron chi connectivity index (χ2n) is 3.53. The summed E-state index contributed by atoms with van der Waals surface area (Å²) in [5.41, 5.74) is -1.07. The van der Waals surface area contributed by atoms with Gasteiger partial charge in [0.1, 0.15) is 5.56 Å². The largest absolute Gasteiger partial charge is 1.00 e. The summed E-state index contributed by atoms with van der Waals surface area (Å²) in [6.45, 7) is -0.927. The Balaban J connectivity index is 0.00000180. The number of amides is 2. The van der Waals surface area contributed by atoms with E-state index in [0.29, 0.717) is 4.90 Å². The van der Waals surface area contributed by atoms with Crippen molar-refractivity contribution in [2.45, 2.75) is 0 Å². The summed E-state index contributed by atoms with van der Waals surface area (Å²) in [6, 6.07) is 3.56. The van der Waals surface area contributed by atoms with E-state index in [-0.39, 0.29) is 30.0 Å². The zero-order chi connectivity index (χ0) is 13.4. The molecule has 1 aliphatic heterocycles. The summed E-state index contributed by atoms with van der Waals surface area (Å²) in [4.78, 5) is 44.3. The zero-order valence-electron chi connectivity index (χ0n) is 9.78. The maximum Gasteiger partial charge on any atom is 1.00 e. The molecule has 0 saturated heterocycles. The van der Waals surface area contributed by atoms with Crippen LogP contribution in [-0.2, 0) is 4.79 Å². The topological polar surface area (TPSA) is 121 Å². The van der Waals surface area contributed by atoms with Crippen molar-refractivity contribution in [1.29, 1.82) is 0 Å². The van der Waals surface area contributed by atoms with Gasteiger partial charge >= 0.3 is 18.9 Å². The Morgan fingerprint density at radius 2 is 1.89 bits per heavy atom. The number of hydrogen-bond acceptors (Lipinski definition) is 6. The van der Waals surface area contributed by atoms with E-state index in [1.54, 1.807) is 0 Å². The maximum absolute atomic E-state index is 11.8.